The molecule has 0 aliphatic carbocycles. The van der Waals surface area contributed by atoms with E-state index in [9.17, 15) is 0 Å². The Labute approximate surface area is 76.6 Å². The van der Waals surface area contributed by atoms with Crippen molar-refractivity contribution in [1.29, 1.82) is 0 Å². The first-order chi connectivity index (χ1) is 5.63. The first kappa shape index (κ1) is 9.19. The molecule has 0 saturated carbocycles. The molecule has 3 nitrogen and oxygen atoms in total. The van der Waals surface area contributed by atoms with Crippen LogP contribution >= 0.6 is 11.3 Å². The summed E-state index contributed by atoms with van der Waals surface area (Å²) < 4.78 is 0. The molecule has 4 heteroatoms. The Bertz CT molecular complexity index is 301. The van der Waals surface area contributed by atoms with E-state index in [0.717, 1.165) is 16.7 Å². The molecule has 0 aliphatic rings. The van der Waals surface area contributed by atoms with E-state index in [2.05, 4.69) is 22.2 Å². The molecule has 0 aromatic carbocycles. The minimum absolute atomic E-state index is 0.892. The highest BCUT2D eigenvalue weighted by atomic mass is 32.1. The SMILES string of the molecule is CN=C(C)Nc1nc(C)sc1C. The minimum atomic E-state index is 0.892. The van der Waals surface area contributed by atoms with Gasteiger partial charge in [0.2, 0.25) is 0 Å². The molecule has 12 heavy (non-hydrogen) atoms. The van der Waals surface area contributed by atoms with Crippen molar-refractivity contribution in [3.63, 3.8) is 0 Å². The van der Waals surface area contributed by atoms with Gasteiger partial charge in [-0.25, -0.2) is 4.98 Å². The molecule has 0 bridgehead atoms. The normalized spacial score (nSPS) is 11.8. The molecule has 0 spiro atoms. The molecule has 0 amide bonds. The van der Waals surface area contributed by atoms with Crippen LogP contribution in [0.2, 0.25) is 0 Å². The largest absolute Gasteiger partial charge is 0.328 e. The van der Waals surface area contributed by atoms with Crippen molar-refractivity contribution >= 4 is 23.0 Å². The fraction of sp³-hybridized carbons (Fsp3) is 0.500. The lowest BCUT2D eigenvalue weighted by molar-refractivity contribution is 1.27. The molecule has 0 fully saturated rings. The van der Waals surface area contributed by atoms with Gasteiger partial charge in [-0.3, -0.25) is 4.99 Å². The first-order valence-corrected chi connectivity index (χ1v) is 4.59. The molecule has 1 rings (SSSR count). The third-order valence-electron chi connectivity index (χ3n) is 1.54. The number of rotatable bonds is 1. The topological polar surface area (TPSA) is 37.3 Å². The molecule has 0 unspecified atom stereocenters. The molecule has 66 valence electrons. The van der Waals surface area contributed by atoms with E-state index in [0.29, 0.717) is 0 Å². The van der Waals surface area contributed by atoms with Crippen LogP contribution in [-0.2, 0) is 0 Å². The van der Waals surface area contributed by atoms with Gasteiger partial charge in [-0.1, -0.05) is 0 Å². The van der Waals surface area contributed by atoms with Crippen LogP contribution in [0.1, 0.15) is 16.8 Å². The third kappa shape index (κ3) is 2.04. The van der Waals surface area contributed by atoms with Crippen molar-refractivity contribution in [3.8, 4) is 0 Å². The van der Waals surface area contributed by atoms with Crippen molar-refractivity contribution in [2.24, 2.45) is 4.99 Å². The predicted octanol–water partition coefficient (Wildman–Crippen LogP) is 2.22. The predicted molar refractivity (Wildman–Crippen MR) is 54.2 cm³/mol. The van der Waals surface area contributed by atoms with Crippen molar-refractivity contribution in [2.75, 3.05) is 12.4 Å². The Morgan fingerprint density at radius 1 is 1.50 bits per heavy atom. The van der Waals surface area contributed by atoms with Crippen LogP contribution in [-0.4, -0.2) is 17.9 Å². The van der Waals surface area contributed by atoms with E-state index in [1.165, 1.54) is 4.88 Å². The summed E-state index contributed by atoms with van der Waals surface area (Å²) >= 11 is 1.69. The smallest absolute Gasteiger partial charge is 0.145 e. The number of aromatic nitrogens is 1. The second kappa shape index (κ2) is 3.67. The lowest BCUT2D eigenvalue weighted by Crippen LogP contribution is -2.07. The van der Waals surface area contributed by atoms with Crippen LogP contribution in [0.3, 0.4) is 0 Å². The van der Waals surface area contributed by atoms with E-state index in [1.54, 1.807) is 18.4 Å². The van der Waals surface area contributed by atoms with Gasteiger partial charge >= 0.3 is 0 Å². The van der Waals surface area contributed by atoms with Crippen LogP contribution < -0.4 is 5.32 Å². The number of nitrogens with zero attached hydrogens (tertiary/aromatic N) is 2. The zero-order valence-electron chi connectivity index (χ0n) is 7.80. The second-order valence-corrected chi connectivity index (χ2v) is 3.98. The second-order valence-electron chi connectivity index (χ2n) is 2.57. The molecular weight excluding hydrogens is 170 g/mol. The Kier molecular flexibility index (Phi) is 2.81. The van der Waals surface area contributed by atoms with E-state index in [-0.39, 0.29) is 0 Å². The van der Waals surface area contributed by atoms with Gasteiger partial charge in [-0.2, -0.15) is 0 Å². The van der Waals surface area contributed by atoms with Crippen molar-refractivity contribution < 1.29 is 0 Å². The first-order valence-electron chi connectivity index (χ1n) is 3.78. The van der Waals surface area contributed by atoms with Gasteiger partial charge in [0.05, 0.1) is 10.8 Å². The molecule has 0 saturated heterocycles. The monoisotopic (exact) mass is 183 g/mol. The van der Waals surface area contributed by atoms with Crippen molar-refractivity contribution in [2.45, 2.75) is 20.8 Å². The molecule has 1 aromatic heterocycles. The average molecular weight is 183 g/mol. The zero-order chi connectivity index (χ0) is 9.14. The number of amidine groups is 1. The maximum absolute atomic E-state index is 4.32. The molecular formula is C8H13N3S. The minimum Gasteiger partial charge on any atom is -0.328 e. The number of nitrogens with one attached hydrogen (secondary N) is 1. The van der Waals surface area contributed by atoms with Crippen LogP contribution in [0.25, 0.3) is 0 Å². The zero-order valence-corrected chi connectivity index (χ0v) is 8.62. The van der Waals surface area contributed by atoms with E-state index in [4.69, 9.17) is 0 Å². The van der Waals surface area contributed by atoms with E-state index in [1.807, 2.05) is 13.8 Å². The van der Waals surface area contributed by atoms with Gasteiger partial charge in [0.25, 0.3) is 0 Å². The summed E-state index contributed by atoms with van der Waals surface area (Å²) in [6.45, 7) is 5.98. The van der Waals surface area contributed by atoms with Crippen LogP contribution in [0.4, 0.5) is 5.82 Å². The van der Waals surface area contributed by atoms with E-state index < -0.39 is 0 Å². The number of anilines is 1. The highest BCUT2D eigenvalue weighted by molar-refractivity contribution is 7.12. The molecule has 1 aromatic rings. The Balaban J connectivity index is 2.82. The molecule has 0 radical (unpaired) electrons. The summed E-state index contributed by atoms with van der Waals surface area (Å²) in [5, 5.41) is 4.21. The fourth-order valence-corrected chi connectivity index (χ4v) is 1.65. The highest BCUT2D eigenvalue weighted by Crippen LogP contribution is 2.20. The summed E-state index contributed by atoms with van der Waals surface area (Å²) in [4.78, 5) is 9.53. The van der Waals surface area contributed by atoms with E-state index >= 15 is 0 Å². The molecule has 1 heterocycles. The van der Waals surface area contributed by atoms with Crippen LogP contribution in [0.15, 0.2) is 4.99 Å². The van der Waals surface area contributed by atoms with Crippen molar-refractivity contribution in [3.05, 3.63) is 9.88 Å². The van der Waals surface area contributed by atoms with Gasteiger partial charge in [0.15, 0.2) is 0 Å². The van der Waals surface area contributed by atoms with Gasteiger partial charge in [0.1, 0.15) is 5.82 Å². The molecule has 0 atom stereocenters. The third-order valence-corrected chi connectivity index (χ3v) is 2.42. The lowest BCUT2D eigenvalue weighted by Gasteiger charge is -2.00. The number of aliphatic imine (C=N–C) groups is 1. The molecule has 1 N–H and O–H groups in total. The highest BCUT2D eigenvalue weighted by Gasteiger charge is 2.03. The van der Waals surface area contributed by atoms with Crippen LogP contribution in [0.5, 0.6) is 0 Å². The van der Waals surface area contributed by atoms with Crippen molar-refractivity contribution in [1.82, 2.24) is 4.98 Å². The maximum Gasteiger partial charge on any atom is 0.145 e. The Hall–Kier alpha value is -0.900. The summed E-state index contributed by atoms with van der Waals surface area (Å²) in [6, 6.07) is 0. The fourth-order valence-electron chi connectivity index (χ4n) is 0.872. The summed E-state index contributed by atoms with van der Waals surface area (Å²) in [6.07, 6.45) is 0. The van der Waals surface area contributed by atoms with Gasteiger partial charge in [-0.15, -0.1) is 11.3 Å². The van der Waals surface area contributed by atoms with Gasteiger partial charge < -0.3 is 5.32 Å². The van der Waals surface area contributed by atoms with Gasteiger partial charge in [-0.05, 0) is 20.8 Å². The Morgan fingerprint density at radius 3 is 2.58 bits per heavy atom. The molecule has 0 aliphatic heterocycles. The summed E-state index contributed by atoms with van der Waals surface area (Å²) in [5.41, 5.74) is 0. The number of aryl methyl sites for hydroxylation is 2. The maximum atomic E-state index is 4.32. The van der Waals surface area contributed by atoms with Gasteiger partial charge in [0, 0.05) is 11.9 Å². The van der Waals surface area contributed by atoms with Crippen LogP contribution in [0, 0.1) is 13.8 Å². The standard InChI is InChI=1S/C8H13N3S/c1-5-8(10-6(2)9-4)11-7(3)12-5/h1-4H3,(H,9,10). The number of hydrogen-bond donors (Lipinski definition) is 1. The number of hydrogen-bond acceptors (Lipinski definition) is 3. The summed E-state index contributed by atoms with van der Waals surface area (Å²) in [5.74, 6) is 1.82. The Morgan fingerprint density at radius 2 is 2.17 bits per heavy atom. The average Bonchev–Trinajstić information content (AvgIpc) is 2.30. The number of thiazole rings is 1. The quantitative estimate of drug-likeness (QED) is 0.535. The lowest BCUT2D eigenvalue weighted by atomic mass is 10.5. The summed E-state index contributed by atoms with van der Waals surface area (Å²) in [7, 11) is 1.76.